The molecular weight excluding hydrogens is 304 g/mol. The van der Waals surface area contributed by atoms with Crippen LogP contribution in [0.4, 0.5) is 0 Å². The van der Waals surface area contributed by atoms with Gasteiger partial charge in [0.05, 0.1) is 24.4 Å². The fraction of sp³-hybridized carbons (Fsp3) is 0.800. The standard InChI is InChI=1S/C20H34O4/c1-13-11-17(23-16(4)15(13)3)7-9-19-14(2)12-18(24-19)8-10-20(21-5)22-6/h13,16-20H,2-3,7-12H2,1,4-6H3/t13-,16-,17+,18+,19+/m1/s1. The van der Waals surface area contributed by atoms with Gasteiger partial charge in [0.2, 0.25) is 0 Å². The van der Waals surface area contributed by atoms with Crippen LogP contribution >= 0.6 is 0 Å². The van der Waals surface area contributed by atoms with Gasteiger partial charge in [0.1, 0.15) is 0 Å². The maximum Gasteiger partial charge on any atom is 0.156 e. The molecular formula is C20H34O4. The number of rotatable bonds is 8. The van der Waals surface area contributed by atoms with Crippen LogP contribution in [0.3, 0.4) is 0 Å². The number of methoxy groups -OCH3 is 2. The van der Waals surface area contributed by atoms with Crippen molar-refractivity contribution < 1.29 is 18.9 Å². The molecule has 0 unspecified atom stereocenters. The summed E-state index contributed by atoms with van der Waals surface area (Å²) in [7, 11) is 3.35. The van der Waals surface area contributed by atoms with Crippen LogP contribution in [0.5, 0.6) is 0 Å². The predicted molar refractivity (Wildman–Crippen MR) is 95.9 cm³/mol. The predicted octanol–water partition coefficient (Wildman–Crippen LogP) is 4.25. The Morgan fingerprint density at radius 3 is 2.38 bits per heavy atom. The Morgan fingerprint density at radius 2 is 1.75 bits per heavy atom. The van der Waals surface area contributed by atoms with Gasteiger partial charge in [-0.3, -0.25) is 0 Å². The molecule has 138 valence electrons. The molecule has 0 aromatic rings. The van der Waals surface area contributed by atoms with Gasteiger partial charge in [0, 0.05) is 20.6 Å². The molecule has 2 fully saturated rings. The summed E-state index contributed by atoms with van der Waals surface area (Å²) in [6.45, 7) is 12.7. The van der Waals surface area contributed by atoms with Crippen molar-refractivity contribution in [2.45, 2.75) is 83.1 Å². The van der Waals surface area contributed by atoms with Gasteiger partial charge < -0.3 is 18.9 Å². The van der Waals surface area contributed by atoms with Gasteiger partial charge in [-0.2, -0.15) is 0 Å². The highest BCUT2D eigenvalue weighted by molar-refractivity contribution is 5.11. The van der Waals surface area contributed by atoms with Crippen LogP contribution in [0.1, 0.15) is 52.4 Å². The molecule has 2 aliphatic heterocycles. The second kappa shape index (κ2) is 9.14. The Kier molecular flexibility index (Phi) is 7.48. The highest BCUT2D eigenvalue weighted by atomic mass is 16.7. The van der Waals surface area contributed by atoms with E-state index in [0.717, 1.165) is 38.5 Å². The van der Waals surface area contributed by atoms with Crippen molar-refractivity contribution in [1.82, 2.24) is 0 Å². The van der Waals surface area contributed by atoms with Gasteiger partial charge >= 0.3 is 0 Å². The zero-order valence-electron chi connectivity index (χ0n) is 15.8. The first-order valence-corrected chi connectivity index (χ1v) is 9.17. The molecule has 24 heavy (non-hydrogen) atoms. The number of ether oxygens (including phenoxy) is 4. The minimum absolute atomic E-state index is 0.146. The molecule has 2 heterocycles. The molecule has 4 heteroatoms. The molecule has 0 radical (unpaired) electrons. The highest BCUT2D eigenvalue weighted by Crippen LogP contribution is 2.34. The molecule has 0 spiro atoms. The molecule has 0 aromatic carbocycles. The van der Waals surface area contributed by atoms with Crippen molar-refractivity contribution in [2.24, 2.45) is 5.92 Å². The molecule has 0 aromatic heterocycles. The third kappa shape index (κ3) is 5.16. The Bertz CT molecular complexity index is 415. The maximum atomic E-state index is 6.20. The van der Waals surface area contributed by atoms with Crippen molar-refractivity contribution >= 4 is 0 Å². The van der Waals surface area contributed by atoms with Gasteiger partial charge in [0.25, 0.3) is 0 Å². The summed E-state index contributed by atoms with van der Waals surface area (Å²) in [5.41, 5.74) is 2.44. The summed E-state index contributed by atoms with van der Waals surface area (Å²) in [5, 5.41) is 0. The quantitative estimate of drug-likeness (QED) is 0.490. The monoisotopic (exact) mass is 338 g/mol. The summed E-state index contributed by atoms with van der Waals surface area (Å²) < 4.78 is 22.8. The molecule has 0 bridgehead atoms. The smallest absolute Gasteiger partial charge is 0.156 e. The van der Waals surface area contributed by atoms with Gasteiger partial charge in [-0.1, -0.05) is 20.1 Å². The molecule has 0 saturated carbocycles. The third-order valence-electron chi connectivity index (χ3n) is 5.47. The summed E-state index contributed by atoms with van der Waals surface area (Å²) in [6.07, 6.45) is 6.54. The molecule has 2 rings (SSSR count). The van der Waals surface area contributed by atoms with Gasteiger partial charge in [-0.15, -0.1) is 0 Å². The number of hydrogen-bond donors (Lipinski definition) is 0. The first-order chi connectivity index (χ1) is 11.4. The summed E-state index contributed by atoms with van der Waals surface area (Å²) in [5.74, 6) is 0.541. The van der Waals surface area contributed by atoms with Gasteiger partial charge in [0.15, 0.2) is 6.29 Å². The van der Waals surface area contributed by atoms with E-state index in [9.17, 15) is 0 Å². The summed E-state index contributed by atoms with van der Waals surface area (Å²) in [4.78, 5) is 0. The fourth-order valence-electron chi connectivity index (χ4n) is 3.80. The van der Waals surface area contributed by atoms with Crippen molar-refractivity contribution in [3.8, 4) is 0 Å². The normalized spacial score (nSPS) is 34.3. The van der Waals surface area contributed by atoms with E-state index in [4.69, 9.17) is 18.9 Å². The molecule has 0 N–H and O–H groups in total. The van der Waals surface area contributed by atoms with E-state index < -0.39 is 0 Å². The van der Waals surface area contributed by atoms with Crippen LogP contribution < -0.4 is 0 Å². The Labute approximate surface area is 147 Å². The molecule has 2 aliphatic rings. The van der Waals surface area contributed by atoms with Crippen molar-refractivity contribution in [3.05, 3.63) is 24.3 Å². The Morgan fingerprint density at radius 1 is 1.04 bits per heavy atom. The van der Waals surface area contributed by atoms with E-state index in [-0.39, 0.29) is 24.6 Å². The van der Waals surface area contributed by atoms with E-state index in [1.54, 1.807) is 14.2 Å². The largest absolute Gasteiger partial charge is 0.371 e. The minimum atomic E-state index is -0.146. The molecule has 0 aliphatic carbocycles. The zero-order valence-corrected chi connectivity index (χ0v) is 15.8. The van der Waals surface area contributed by atoms with Crippen molar-refractivity contribution in [2.75, 3.05) is 14.2 Å². The lowest BCUT2D eigenvalue weighted by Crippen LogP contribution is -2.32. The first kappa shape index (κ1) is 19.6. The average molecular weight is 338 g/mol. The van der Waals surface area contributed by atoms with Crippen LogP contribution in [-0.2, 0) is 18.9 Å². The van der Waals surface area contributed by atoms with Crippen molar-refractivity contribution in [1.29, 1.82) is 0 Å². The topological polar surface area (TPSA) is 36.9 Å². The van der Waals surface area contributed by atoms with E-state index >= 15 is 0 Å². The Balaban J connectivity index is 1.73. The SMILES string of the molecule is C=C1C[C@H](CCC(OC)OC)O[C@H]1CC[C@H]1C[C@@H](C)C(=C)[C@@H](C)O1. The van der Waals surface area contributed by atoms with Gasteiger partial charge in [-0.05, 0) is 56.1 Å². The third-order valence-corrected chi connectivity index (χ3v) is 5.47. The Hall–Kier alpha value is -0.680. The fourth-order valence-corrected chi connectivity index (χ4v) is 3.80. The van der Waals surface area contributed by atoms with E-state index in [1.165, 1.54) is 11.1 Å². The van der Waals surface area contributed by atoms with E-state index in [0.29, 0.717) is 12.0 Å². The van der Waals surface area contributed by atoms with Gasteiger partial charge in [-0.25, -0.2) is 0 Å². The lowest BCUT2D eigenvalue weighted by molar-refractivity contribution is -0.112. The second-order valence-electron chi connectivity index (χ2n) is 7.28. The maximum absolute atomic E-state index is 6.20. The minimum Gasteiger partial charge on any atom is -0.371 e. The average Bonchev–Trinajstić information content (AvgIpc) is 2.91. The lowest BCUT2D eigenvalue weighted by Gasteiger charge is -2.34. The molecule has 0 amide bonds. The van der Waals surface area contributed by atoms with Crippen LogP contribution in [0.2, 0.25) is 0 Å². The highest BCUT2D eigenvalue weighted by Gasteiger charge is 2.32. The zero-order chi connectivity index (χ0) is 17.7. The number of hydrogen-bond acceptors (Lipinski definition) is 4. The summed E-state index contributed by atoms with van der Waals surface area (Å²) >= 11 is 0. The molecule has 2 saturated heterocycles. The van der Waals surface area contributed by atoms with Crippen LogP contribution in [0, 0.1) is 5.92 Å². The summed E-state index contributed by atoms with van der Waals surface area (Å²) in [6, 6.07) is 0. The van der Waals surface area contributed by atoms with Crippen LogP contribution in [0.15, 0.2) is 24.3 Å². The van der Waals surface area contributed by atoms with Crippen molar-refractivity contribution in [3.63, 3.8) is 0 Å². The first-order valence-electron chi connectivity index (χ1n) is 9.17. The lowest BCUT2D eigenvalue weighted by atomic mass is 9.87. The van der Waals surface area contributed by atoms with Crippen LogP contribution in [-0.4, -0.2) is 44.9 Å². The van der Waals surface area contributed by atoms with E-state index in [2.05, 4.69) is 27.0 Å². The molecule has 5 atom stereocenters. The van der Waals surface area contributed by atoms with Crippen LogP contribution in [0.25, 0.3) is 0 Å². The second-order valence-corrected chi connectivity index (χ2v) is 7.28. The van der Waals surface area contributed by atoms with E-state index in [1.807, 2.05) is 0 Å². The molecule has 4 nitrogen and oxygen atoms in total.